The van der Waals surface area contributed by atoms with Crippen LogP contribution in [-0.2, 0) is 5.41 Å². The van der Waals surface area contributed by atoms with Crippen molar-refractivity contribution in [2.75, 3.05) is 11.4 Å². The van der Waals surface area contributed by atoms with Gasteiger partial charge in [-0.3, -0.25) is 0 Å². The van der Waals surface area contributed by atoms with E-state index >= 15 is 0 Å². The van der Waals surface area contributed by atoms with Crippen molar-refractivity contribution in [3.8, 4) is 10.6 Å². The Balaban J connectivity index is 1.20. The Morgan fingerprint density at radius 2 is 1.59 bits per heavy atom. The van der Waals surface area contributed by atoms with Crippen LogP contribution < -0.4 is 10.2 Å². The molecule has 4 heteroatoms. The molecule has 0 radical (unpaired) electrons. The molecule has 0 bridgehead atoms. The van der Waals surface area contributed by atoms with Crippen LogP contribution >= 0.6 is 11.3 Å². The van der Waals surface area contributed by atoms with Crippen LogP contribution in [0, 0.1) is 0 Å². The molecule has 8 rings (SSSR count). The molecule has 1 N–H and O–H groups in total. The van der Waals surface area contributed by atoms with Gasteiger partial charge < -0.3 is 10.2 Å². The Bertz CT molecular complexity index is 2110. The van der Waals surface area contributed by atoms with Gasteiger partial charge in [-0.2, -0.15) is 0 Å². The number of rotatable bonds is 5. The van der Waals surface area contributed by atoms with Crippen molar-refractivity contribution in [3.63, 3.8) is 0 Å². The van der Waals surface area contributed by atoms with Gasteiger partial charge in [-0.05, 0) is 82.0 Å². The fourth-order valence-corrected chi connectivity index (χ4v) is 8.00. The molecular weight excluding hydrogens is 579 g/mol. The van der Waals surface area contributed by atoms with E-state index in [1.54, 1.807) is 11.3 Å². The molecule has 3 heterocycles. The molecule has 1 aromatic heterocycles. The lowest BCUT2D eigenvalue weighted by Gasteiger charge is -2.42. The molecule has 0 saturated carbocycles. The second-order valence-electron chi connectivity index (χ2n) is 12.5. The summed E-state index contributed by atoms with van der Waals surface area (Å²) in [5.74, 6) is 0. The maximum atomic E-state index is 4.91. The third kappa shape index (κ3) is 4.77. The third-order valence-electron chi connectivity index (χ3n) is 9.36. The fourth-order valence-electron chi connectivity index (χ4n) is 6.96. The number of aromatic nitrogens is 1. The van der Waals surface area contributed by atoms with Crippen LogP contribution in [0.3, 0.4) is 0 Å². The maximum Gasteiger partial charge on any atom is 0.124 e. The van der Waals surface area contributed by atoms with Gasteiger partial charge in [-0.25, -0.2) is 4.98 Å². The molecule has 0 unspecified atom stereocenters. The molecule has 1 aliphatic carbocycles. The molecule has 0 spiro atoms. The Morgan fingerprint density at radius 1 is 0.848 bits per heavy atom. The summed E-state index contributed by atoms with van der Waals surface area (Å²) in [7, 11) is 0. The molecule has 5 aromatic rings. The second-order valence-corrected chi connectivity index (χ2v) is 13.5. The van der Waals surface area contributed by atoms with E-state index < -0.39 is 0 Å². The molecule has 0 saturated heterocycles. The first-order valence-corrected chi connectivity index (χ1v) is 16.7. The lowest BCUT2D eigenvalue weighted by atomic mass is 9.73. The van der Waals surface area contributed by atoms with Crippen molar-refractivity contribution < 1.29 is 0 Å². The number of hydrogen-bond acceptors (Lipinski definition) is 4. The standard InChI is InChI=1S/C42H35N3S/c1-4-36-40(46-41(44-36)28-14-7-5-8-15-28)26-31-27-43-37-20-13-16-29(24-33(31)37)30-22-23-39-35(25-30)42(2,3)34-19-11-12-21-38(34)45(39)32-17-9-6-10-18-32/h4-19,21-26,43H,1,20,27H2,2-3H3/b31-26+. The molecule has 2 aliphatic heterocycles. The van der Waals surface area contributed by atoms with E-state index in [1.807, 2.05) is 12.1 Å². The largest absolute Gasteiger partial charge is 0.383 e. The van der Waals surface area contributed by atoms with Gasteiger partial charge in [0.1, 0.15) is 5.01 Å². The van der Waals surface area contributed by atoms with E-state index in [4.69, 9.17) is 4.98 Å². The predicted octanol–water partition coefficient (Wildman–Crippen LogP) is 10.8. The minimum absolute atomic E-state index is 0.156. The number of fused-ring (bicyclic) bond motifs is 2. The van der Waals surface area contributed by atoms with Crippen molar-refractivity contribution >= 4 is 46.1 Å². The van der Waals surface area contributed by atoms with E-state index in [9.17, 15) is 0 Å². The number of nitrogens with zero attached hydrogens (tertiary/aromatic N) is 2. The van der Waals surface area contributed by atoms with Crippen LogP contribution in [0.1, 0.15) is 47.5 Å². The van der Waals surface area contributed by atoms with Gasteiger partial charge in [0.15, 0.2) is 0 Å². The summed E-state index contributed by atoms with van der Waals surface area (Å²) in [6, 6.07) is 36.9. The molecule has 4 aromatic carbocycles. The SMILES string of the molecule is C=Cc1nc(-c2ccccc2)sc1/C=C1\CNC2=C1C=C(c1ccc3c(c1)C(C)(C)c1ccccc1N3c1ccccc1)C=CC2. The monoisotopic (exact) mass is 613 g/mol. The topological polar surface area (TPSA) is 28.2 Å². The van der Waals surface area contributed by atoms with Gasteiger partial charge in [0.25, 0.3) is 0 Å². The van der Waals surface area contributed by atoms with Crippen LogP contribution in [0.15, 0.2) is 145 Å². The summed E-state index contributed by atoms with van der Waals surface area (Å²) in [6.45, 7) is 9.58. The van der Waals surface area contributed by atoms with E-state index in [0.717, 1.165) is 34.1 Å². The van der Waals surface area contributed by atoms with Crippen molar-refractivity contribution in [2.45, 2.75) is 25.7 Å². The predicted molar refractivity (Wildman–Crippen MR) is 196 cm³/mol. The molecule has 3 aliphatic rings. The second kappa shape index (κ2) is 11.3. The quantitative estimate of drug-likeness (QED) is 0.214. The Hall–Kier alpha value is -5.19. The molecule has 3 nitrogen and oxygen atoms in total. The molecule has 224 valence electrons. The summed E-state index contributed by atoms with van der Waals surface area (Å²) < 4.78 is 0. The number of benzene rings is 4. The summed E-state index contributed by atoms with van der Waals surface area (Å²) >= 11 is 1.72. The zero-order valence-corrected chi connectivity index (χ0v) is 26.9. The van der Waals surface area contributed by atoms with Gasteiger partial charge in [0.05, 0.1) is 21.9 Å². The van der Waals surface area contributed by atoms with E-state index in [-0.39, 0.29) is 5.41 Å². The fraction of sp³-hybridized carbons (Fsp3) is 0.119. The van der Waals surface area contributed by atoms with Crippen molar-refractivity contribution in [2.24, 2.45) is 0 Å². The highest BCUT2D eigenvalue weighted by Gasteiger charge is 2.37. The molecule has 0 fully saturated rings. The lowest BCUT2D eigenvalue weighted by Crippen LogP contribution is -2.30. The first kappa shape index (κ1) is 28.3. The maximum absolute atomic E-state index is 4.91. The van der Waals surface area contributed by atoms with Gasteiger partial charge in [0, 0.05) is 35.3 Å². The Kier molecular flexibility index (Phi) is 6.96. The van der Waals surface area contributed by atoms with Gasteiger partial charge in [0.2, 0.25) is 0 Å². The molecular formula is C42H35N3S. The summed E-state index contributed by atoms with van der Waals surface area (Å²) in [5, 5.41) is 4.70. The van der Waals surface area contributed by atoms with E-state index in [0.29, 0.717) is 0 Å². The Labute approximate surface area is 275 Å². The number of para-hydroxylation sites is 2. The van der Waals surface area contributed by atoms with Gasteiger partial charge in [-0.15, -0.1) is 11.3 Å². The molecule has 46 heavy (non-hydrogen) atoms. The summed E-state index contributed by atoms with van der Waals surface area (Å²) in [4.78, 5) is 8.46. The summed E-state index contributed by atoms with van der Waals surface area (Å²) in [5.41, 5.74) is 14.5. The number of nitrogens with one attached hydrogen (secondary N) is 1. The first-order chi connectivity index (χ1) is 22.5. The van der Waals surface area contributed by atoms with Crippen LogP contribution in [0.2, 0.25) is 0 Å². The third-order valence-corrected chi connectivity index (χ3v) is 10.4. The van der Waals surface area contributed by atoms with Crippen LogP contribution in [0.5, 0.6) is 0 Å². The first-order valence-electron chi connectivity index (χ1n) is 15.9. The van der Waals surface area contributed by atoms with Gasteiger partial charge in [-0.1, -0.05) is 105 Å². The average Bonchev–Trinajstić information content (AvgIpc) is 3.61. The minimum atomic E-state index is -0.156. The lowest BCUT2D eigenvalue weighted by molar-refractivity contribution is 0.631. The normalized spacial score (nSPS) is 17.1. The molecule has 0 amide bonds. The highest BCUT2D eigenvalue weighted by Crippen LogP contribution is 2.52. The number of hydrogen-bond donors (Lipinski definition) is 1. The minimum Gasteiger partial charge on any atom is -0.383 e. The van der Waals surface area contributed by atoms with Crippen molar-refractivity contribution in [3.05, 3.63) is 172 Å². The van der Waals surface area contributed by atoms with Crippen molar-refractivity contribution in [1.82, 2.24) is 10.3 Å². The van der Waals surface area contributed by atoms with Crippen LogP contribution in [0.25, 0.3) is 28.3 Å². The van der Waals surface area contributed by atoms with E-state index in [2.05, 4.69) is 152 Å². The smallest absolute Gasteiger partial charge is 0.124 e. The zero-order valence-electron chi connectivity index (χ0n) is 26.1. The number of allylic oxidation sites excluding steroid dienone is 4. The highest BCUT2D eigenvalue weighted by atomic mass is 32.1. The van der Waals surface area contributed by atoms with Gasteiger partial charge >= 0.3 is 0 Å². The number of thiazole rings is 1. The van der Waals surface area contributed by atoms with E-state index in [1.165, 1.54) is 56.2 Å². The highest BCUT2D eigenvalue weighted by molar-refractivity contribution is 7.16. The number of anilines is 3. The van der Waals surface area contributed by atoms with Crippen LogP contribution in [-0.4, -0.2) is 11.5 Å². The zero-order chi connectivity index (χ0) is 31.3. The average molecular weight is 614 g/mol. The summed E-state index contributed by atoms with van der Waals surface area (Å²) in [6.07, 6.45) is 12.0. The van der Waals surface area contributed by atoms with Crippen molar-refractivity contribution in [1.29, 1.82) is 0 Å². The molecule has 0 atom stereocenters. The Morgan fingerprint density at radius 3 is 2.39 bits per heavy atom. The van der Waals surface area contributed by atoms with Crippen LogP contribution in [0.4, 0.5) is 17.1 Å².